The number of hydrogen-bond donors (Lipinski definition) is 1. The van der Waals surface area contributed by atoms with Crippen molar-refractivity contribution in [1.82, 2.24) is 9.62 Å². The normalized spacial score (nSPS) is 16.7. The Morgan fingerprint density at radius 1 is 1.07 bits per heavy atom. The third kappa shape index (κ3) is 6.60. The van der Waals surface area contributed by atoms with Gasteiger partial charge in [-0.3, -0.25) is 4.79 Å². The van der Waals surface area contributed by atoms with Gasteiger partial charge in [0.25, 0.3) is 5.91 Å². The molecular formula is C20H30N2O5S. The molecule has 1 fully saturated rings. The van der Waals surface area contributed by atoms with Crippen LogP contribution in [0.5, 0.6) is 0 Å². The standard InChI is InChI=1S/C20H30N2O5S/c1-3-16(2)21-28(25,26)18-11-9-17(10-12-18)20(24)27-15-19(23)22-13-7-5-4-6-8-14-22/h9-12,16,21H,3-8,13-15H2,1-2H3/t16-/m0/s1. The van der Waals surface area contributed by atoms with Crippen LogP contribution in [0.2, 0.25) is 0 Å². The van der Waals surface area contributed by atoms with E-state index in [0.29, 0.717) is 19.5 Å². The fourth-order valence-corrected chi connectivity index (χ4v) is 4.31. The van der Waals surface area contributed by atoms with Gasteiger partial charge in [0, 0.05) is 19.1 Å². The lowest BCUT2D eigenvalue weighted by molar-refractivity contribution is -0.134. The van der Waals surface area contributed by atoms with Crippen LogP contribution in [0.4, 0.5) is 0 Å². The Labute approximate surface area is 167 Å². The molecule has 1 aromatic rings. The van der Waals surface area contributed by atoms with E-state index in [1.807, 2.05) is 6.92 Å². The predicted molar refractivity (Wildman–Crippen MR) is 106 cm³/mol. The topological polar surface area (TPSA) is 92.8 Å². The van der Waals surface area contributed by atoms with Gasteiger partial charge in [0.15, 0.2) is 6.61 Å². The van der Waals surface area contributed by atoms with Gasteiger partial charge < -0.3 is 9.64 Å². The van der Waals surface area contributed by atoms with Crippen LogP contribution in [0, 0.1) is 0 Å². The van der Waals surface area contributed by atoms with E-state index in [1.54, 1.807) is 11.8 Å². The maximum Gasteiger partial charge on any atom is 0.338 e. The fraction of sp³-hybridized carbons (Fsp3) is 0.600. The minimum absolute atomic E-state index is 0.0843. The summed E-state index contributed by atoms with van der Waals surface area (Å²) in [5.74, 6) is -0.827. The zero-order valence-electron chi connectivity index (χ0n) is 16.6. The number of esters is 1. The molecule has 1 atom stereocenters. The second kappa shape index (κ2) is 10.6. The molecule has 7 nitrogen and oxygen atoms in total. The molecule has 1 aliphatic heterocycles. The van der Waals surface area contributed by atoms with Crippen LogP contribution in [0.15, 0.2) is 29.2 Å². The SMILES string of the molecule is CC[C@H](C)NS(=O)(=O)c1ccc(C(=O)OCC(=O)N2CCCCCCC2)cc1. The molecule has 28 heavy (non-hydrogen) atoms. The number of ether oxygens (including phenoxy) is 1. The van der Waals surface area contributed by atoms with Crippen LogP contribution in [-0.4, -0.2) is 50.9 Å². The highest BCUT2D eigenvalue weighted by Gasteiger charge is 2.19. The van der Waals surface area contributed by atoms with Crippen LogP contribution in [0.3, 0.4) is 0 Å². The van der Waals surface area contributed by atoms with Crippen molar-refractivity contribution in [2.24, 2.45) is 0 Å². The molecule has 0 bridgehead atoms. The van der Waals surface area contributed by atoms with Gasteiger partial charge in [-0.15, -0.1) is 0 Å². The summed E-state index contributed by atoms with van der Waals surface area (Å²) in [6.45, 7) is 4.78. The van der Waals surface area contributed by atoms with Crippen molar-refractivity contribution in [3.63, 3.8) is 0 Å². The van der Waals surface area contributed by atoms with Crippen molar-refractivity contribution >= 4 is 21.9 Å². The van der Waals surface area contributed by atoms with Gasteiger partial charge in [0.1, 0.15) is 0 Å². The number of carbonyl (C=O) groups excluding carboxylic acids is 2. The summed E-state index contributed by atoms with van der Waals surface area (Å²) in [6, 6.07) is 5.34. The van der Waals surface area contributed by atoms with Gasteiger partial charge >= 0.3 is 5.97 Å². The van der Waals surface area contributed by atoms with Crippen LogP contribution >= 0.6 is 0 Å². The van der Waals surface area contributed by atoms with Gasteiger partial charge in [-0.25, -0.2) is 17.9 Å². The second-order valence-electron chi connectivity index (χ2n) is 7.18. The average molecular weight is 411 g/mol. The fourth-order valence-electron chi connectivity index (χ4n) is 2.99. The molecular weight excluding hydrogens is 380 g/mol. The predicted octanol–water partition coefficient (Wildman–Crippen LogP) is 2.71. The molecule has 0 aliphatic carbocycles. The second-order valence-corrected chi connectivity index (χ2v) is 8.89. The van der Waals surface area contributed by atoms with E-state index < -0.39 is 16.0 Å². The van der Waals surface area contributed by atoms with E-state index in [4.69, 9.17) is 4.74 Å². The monoisotopic (exact) mass is 410 g/mol. The molecule has 1 aliphatic rings. The lowest BCUT2D eigenvalue weighted by Gasteiger charge is -2.24. The lowest BCUT2D eigenvalue weighted by Crippen LogP contribution is -2.36. The van der Waals surface area contributed by atoms with Crippen LogP contribution in [0.1, 0.15) is 62.7 Å². The number of amides is 1. The number of benzene rings is 1. The third-order valence-electron chi connectivity index (χ3n) is 4.90. The first kappa shape index (κ1) is 22.4. The number of likely N-dealkylation sites (tertiary alicyclic amines) is 1. The minimum atomic E-state index is -3.62. The first-order valence-corrected chi connectivity index (χ1v) is 11.4. The number of carbonyl (C=O) groups is 2. The maximum absolute atomic E-state index is 12.3. The van der Waals surface area contributed by atoms with E-state index in [0.717, 1.165) is 25.7 Å². The van der Waals surface area contributed by atoms with E-state index in [2.05, 4.69) is 4.72 Å². The Balaban J connectivity index is 1.91. The first-order valence-electron chi connectivity index (χ1n) is 9.90. The molecule has 0 spiro atoms. The Kier molecular flexibility index (Phi) is 8.44. The Morgan fingerprint density at radius 2 is 1.64 bits per heavy atom. The van der Waals surface area contributed by atoms with Crippen LogP contribution < -0.4 is 4.72 Å². The molecule has 1 amide bonds. The summed E-state index contributed by atoms with van der Waals surface area (Å²) in [7, 11) is -3.62. The van der Waals surface area contributed by atoms with E-state index in [1.165, 1.54) is 30.7 Å². The minimum Gasteiger partial charge on any atom is -0.452 e. The summed E-state index contributed by atoms with van der Waals surface area (Å²) in [5, 5.41) is 0. The first-order chi connectivity index (χ1) is 13.3. The zero-order chi connectivity index (χ0) is 20.6. The zero-order valence-corrected chi connectivity index (χ0v) is 17.5. The van der Waals surface area contributed by atoms with E-state index in [9.17, 15) is 18.0 Å². The van der Waals surface area contributed by atoms with E-state index >= 15 is 0 Å². The number of nitrogens with one attached hydrogen (secondary N) is 1. The molecule has 0 radical (unpaired) electrons. The highest BCUT2D eigenvalue weighted by atomic mass is 32.2. The molecule has 0 unspecified atom stereocenters. The highest BCUT2D eigenvalue weighted by Crippen LogP contribution is 2.13. The van der Waals surface area contributed by atoms with Gasteiger partial charge in [-0.1, -0.05) is 26.2 Å². The van der Waals surface area contributed by atoms with Crippen molar-refractivity contribution in [2.45, 2.75) is 63.3 Å². The summed E-state index contributed by atoms with van der Waals surface area (Å²) >= 11 is 0. The van der Waals surface area contributed by atoms with Crippen molar-refractivity contribution in [3.05, 3.63) is 29.8 Å². The Morgan fingerprint density at radius 3 is 2.21 bits per heavy atom. The molecule has 0 aromatic heterocycles. The van der Waals surface area contributed by atoms with Crippen LogP contribution in [-0.2, 0) is 19.6 Å². The number of hydrogen-bond acceptors (Lipinski definition) is 5. The number of sulfonamides is 1. The number of rotatable bonds is 7. The van der Waals surface area contributed by atoms with Crippen molar-refractivity contribution < 1.29 is 22.7 Å². The molecule has 8 heteroatoms. The summed E-state index contributed by atoms with van der Waals surface area (Å²) in [6.07, 6.45) is 6.06. The Bertz CT molecular complexity index is 753. The lowest BCUT2D eigenvalue weighted by atomic mass is 10.1. The van der Waals surface area contributed by atoms with Crippen LogP contribution in [0.25, 0.3) is 0 Å². The highest BCUT2D eigenvalue weighted by molar-refractivity contribution is 7.89. The maximum atomic E-state index is 12.3. The van der Waals surface area contributed by atoms with Crippen molar-refractivity contribution in [2.75, 3.05) is 19.7 Å². The molecule has 1 saturated heterocycles. The van der Waals surface area contributed by atoms with Crippen molar-refractivity contribution in [3.8, 4) is 0 Å². The average Bonchev–Trinajstić information content (AvgIpc) is 2.65. The molecule has 1 heterocycles. The molecule has 1 N–H and O–H groups in total. The smallest absolute Gasteiger partial charge is 0.338 e. The molecule has 1 aromatic carbocycles. The van der Waals surface area contributed by atoms with Crippen molar-refractivity contribution in [1.29, 1.82) is 0 Å². The molecule has 2 rings (SSSR count). The summed E-state index contributed by atoms with van der Waals surface area (Å²) < 4.78 is 32.2. The van der Waals surface area contributed by atoms with Gasteiger partial charge in [-0.05, 0) is 50.5 Å². The summed E-state index contributed by atoms with van der Waals surface area (Å²) in [4.78, 5) is 26.3. The largest absolute Gasteiger partial charge is 0.452 e. The summed E-state index contributed by atoms with van der Waals surface area (Å²) in [5.41, 5.74) is 0.211. The Hall–Kier alpha value is -1.93. The number of nitrogens with zero attached hydrogens (tertiary/aromatic N) is 1. The molecule has 156 valence electrons. The quantitative estimate of drug-likeness (QED) is 0.698. The molecule has 0 saturated carbocycles. The third-order valence-corrected chi connectivity index (χ3v) is 6.51. The van der Waals surface area contributed by atoms with Gasteiger partial charge in [-0.2, -0.15) is 0 Å². The van der Waals surface area contributed by atoms with Gasteiger partial charge in [0.05, 0.1) is 10.5 Å². The van der Waals surface area contributed by atoms with E-state index in [-0.39, 0.29) is 29.0 Å². The van der Waals surface area contributed by atoms with Gasteiger partial charge in [0.2, 0.25) is 10.0 Å².